The first-order chi connectivity index (χ1) is 28.3. The molecule has 0 aliphatic heterocycles. The summed E-state index contributed by atoms with van der Waals surface area (Å²) in [5.74, 6) is 0. The second-order valence-corrected chi connectivity index (χ2v) is 14.5. The van der Waals surface area contributed by atoms with Crippen molar-refractivity contribution in [3.63, 3.8) is 0 Å². The number of rotatable bonds is 8. The average molecular weight is 726 g/mol. The van der Waals surface area contributed by atoms with Crippen molar-refractivity contribution in [1.29, 1.82) is 0 Å². The quantitative estimate of drug-likeness (QED) is 0.111. The highest BCUT2D eigenvalue weighted by Crippen LogP contribution is 2.44. The molecular formula is C56H39N. The predicted octanol–water partition coefficient (Wildman–Crippen LogP) is 15.8. The molecule has 268 valence electrons. The van der Waals surface area contributed by atoms with Gasteiger partial charge in [-0.15, -0.1) is 0 Å². The van der Waals surface area contributed by atoms with Crippen LogP contribution < -0.4 is 4.90 Å². The normalized spacial score (nSPS) is 11.4. The molecule has 0 N–H and O–H groups in total. The monoisotopic (exact) mass is 725 g/mol. The summed E-state index contributed by atoms with van der Waals surface area (Å²) in [5.41, 5.74) is 13.1. The Labute approximate surface area is 334 Å². The minimum atomic E-state index is 1.12. The Kier molecular flexibility index (Phi) is 8.95. The largest absolute Gasteiger partial charge is 0.311 e. The van der Waals surface area contributed by atoms with Gasteiger partial charge < -0.3 is 4.90 Å². The summed E-state index contributed by atoms with van der Waals surface area (Å²) in [6.07, 6.45) is 4.40. The molecule has 0 spiro atoms. The molecule has 0 fully saturated rings. The van der Waals surface area contributed by atoms with Crippen molar-refractivity contribution >= 4 is 61.5 Å². The molecule has 10 aromatic rings. The van der Waals surface area contributed by atoms with Gasteiger partial charge in [0.05, 0.1) is 0 Å². The average Bonchev–Trinajstić information content (AvgIpc) is 3.29. The van der Waals surface area contributed by atoms with Gasteiger partial charge in [0.25, 0.3) is 0 Å². The third-order valence-corrected chi connectivity index (χ3v) is 11.1. The number of para-hydroxylation sites is 2. The van der Waals surface area contributed by atoms with E-state index < -0.39 is 0 Å². The van der Waals surface area contributed by atoms with Crippen molar-refractivity contribution < 1.29 is 0 Å². The molecule has 0 aliphatic rings. The fourth-order valence-corrected chi connectivity index (χ4v) is 8.33. The van der Waals surface area contributed by atoms with E-state index in [0.29, 0.717) is 0 Å². The lowest BCUT2D eigenvalue weighted by atomic mass is 9.86. The van der Waals surface area contributed by atoms with Crippen molar-refractivity contribution in [2.75, 3.05) is 4.90 Å². The maximum Gasteiger partial charge on any atom is 0.0462 e. The van der Waals surface area contributed by atoms with E-state index in [1.54, 1.807) is 0 Å². The van der Waals surface area contributed by atoms with Gasteiger partial charge >= 0.3 is 0 Å². The van der Waals surface area contributed by atoms with Crippen molar-refractivity contribution in [1.82, 2.24) is 0 Å². The van der Waals surface area contributed by atoms with E-state index in [1.807, 2.05) is 0 Å². The van der Waals surface area contributed by atoms with E-state index in [2.05, 4.69) is 242 Å². The zero-order chi connectivity index (χ0) is 38.0. The van der Waals surface area contributed by atoms with Gasteiger partial charge in [0.2, 0.25) is 0 Å². The first kappa shape index (κ1) is 34.0. The molecule has 0 atom stereocenters. The summed E-state index contributed by atoms with van der Waals surface area (Å²) in [6.45, 7) is 0. The van der Waals surface area contributed by atoms with E-state index in [0.717, 1.165) is 17.1 Å². The number of hydrogen-bond donors (Lipinski definition) is 0. The lowest BCUT2D eigenvalue weighted by Gasteiger charge is -2.25. The zero-order valence-corrected chi connectivity index (χ0v) is 31.5. The second kappa shape index (κ2) is 15.0. The Balaban J connectivity index is 0.978. The van der Waals surface area contributed by atoms with Gasteiger partial charge in [0, 0.05) is 17.1 Å². The van der Waals surface area contributed by atoms with Gasteiger partial charge in [-0.25, -0.2) is 0 Å². The molecule has 0 unspecified atom stereocenters. The Bertz CT molecular complexity index is 2910. The summed E-state index contributed by atoms with van der Waals surface area (Å²) in [5, 5.41) is 7.54. The van der Waals surface area contributed by atoms with Crippen LogP contribution in [-0.4, -0.2) is 0 Å². The van der Waals surface area contributed by atoms with Gasteiger partial charge in [-0.1, -0.05) is 200 Å². The SMILES string of the molecule is C(=C\c1ccc(-c2c3ccccc3c(-c3ccc(N(c4ccccc4)c4ccccc4)cc3)c3ccccc23)cc1)/c1ccc(-c2cccc3ccccc23)cc1. The fraction of sp³-hybridized carbons (Fsp3) is 0. The smallest absolute Gasteiger partial charge is 0.0462 e. The molecule has 0 aromatic heterocycles. The van der Waals surface area contributed by atoms with Crippen LogP contribution in [0.3, 0.4) is 0 Å². The minimum Gasteiger partial charge on any atom is -0.311 e. The van der Waals surface area contributed by atoms with Crippen LogP contribution in [0.4, 0.5) is 17.1 Å². The van der Waals surface area contributed by atoms with Crippen LogP contribution in [0.25, 0.3) is 77.9 Å². The number of anilines is 3. The maximum atomic E-state index is 2.31. The summed E-state index contributed by atoms with van der Waals surface area (Å²) >= 11 is 0. The first-order valence-electron chi connectivity index (χ1n) is 19.6. The highest BCUT2D eigenvalue weighted by molar-refractivity contribution is 6.21. The maximum absolute atomic E-state index is 2.31. The van der Waals surface area contributed by atoms with E-state index in [-0.39, 0.29) is 0 Å². The number of hydrogen-bond acceptors (Lipinski definition) is 1. The number of benzene rings is 10. The molecule has 0 saturated carbocycles. The summed E-state index contributed by atoms with van der Waals surface area (Å²) in [4.78, 5) is 2.31. The zero-order valence-electron chi connectivity index (χ0n) is 31.5. The lowest BCUT2D eigenvalue weighted by Crippen LogP contribution is -2.09. The molecule has 57 heavy (non-hydrogen) atoms. The Morgan fingerprint density at radius 2 is 0.632 bits per heavy atom. The van der Waals surface area contributed by atoms with Gasteiger partial charge in [-0.3, -0.25) is 0 Å². The minimum absolute atomic E-state index is 1.12. The van der Waals surface area contributed by atoms with Crippen LogP contribution in [0.2, 0.25) is 0 Å². The van der Waals surface area contributed by atoms with E-state index in [4.69, 9.17) is 0 Å². The predicted molar refractivity (Wildman–Crippen MR) is 245 cm³/mol. The van der Waals surface area contributed by atoms with Gasteiger partial charge in [-0.05, 0) is 113 Å². The molecule has 1 heteroatoms. The summed E-state index contributed by atoms with van der Waals surface area (Å²) in [7, 11) is 0. The van der Waals surface area contributed by atoms with Crippen molar-refractivity contribution in [3.05, 3.63) is 236 Å². The van der Waals surface area contributed by atoms with Crippen molar-refractivity contribution in [2.24, 2.45) is 0 Å². The summed E-state index contributed by atoms with van der Waals surface area (Å²) in [6, 6.07) is 80.9. The molecule has 0 bridgehead atoms. The third-order valence-electron chi connectivity index (χ3n) is 11.1. The molecule has 1 nitrogen and oxygen atoms in total. The molecule has 0 amide bonds. The molecule has 0 aliphatic carbocycles. The standard InChI is InChI=1S/C56H39N/c1-3-16-46(17-4-1)57(47-18-5-2-6-19-47)48-38-36-45(37-39-48)56-53-23-11-9-21-51(53)55(52-22-10-12-24-54(52)56)44-34-30-41(31-35-44)27-26-40-28-32-43(33-29-40)50-25-13-15-42-14-7-8-20-49(42)50/h1-39H/b27-26+. The fourth-order valence-electron chi connectivity index (χ4n) is 8.33. The molecular weight excluding hydrogens is 687 g/mol. The molecule has 10 aromatic carbocycles. The van der Waals surface area contributed by atoms with E-state index >= 15 is 0 Å². The van der Waals surface area contributed by atoms with Crippen LogP contribution in [0, 0.1) is 0 Å². The Morgan fingerprint density at radius 1 is 0.263 bits per heavy atom. The van der Waals surface area contributed by atoms with Gasteiger partial charge in [0.15, 0.2) is 0 Å². The second-order valence-electron chi connectivity index (χ2n) is 14.5. The highest BCUT2D eigenvalue weighted by atomic mass is 15.1. The van der Waals surface area contributed by atoms with Crippen LogP contribution in [0.5, 0.6) is 0 Å². The Morgan fingerprint density at radius 3 is 1.12 bits per heavy atom. The van der Waals surface area contributed by atoms with Gasteiger partial charge in [0.1, 0.15) is 0 Å². The third kappa shape index (κ3) is 6.56. The lowest BCUT2D eigenvalue weighted by molar-refractivity contribution is 1.28. The topological polar surface area (TPSA) is 3.24 Å². The van der Waals surface area contributed by atoms with Crippen LogP contribution >= 0.6 is 0 Å². The van der Waals surface area contributed by atoms with Crippen LogP contribution in [-0.2, 0) is 0 Å². The first-order valence-corrected chi connectivity index (χ1v) is 19.6. The molecule has 0 radical (unpaired) electrons. The molecule has 0 saturated heterocycles. The highest BCUT2D eigenvalue weighted by Gasteiger charge is 2.18. The Hall–Kier alpha value is -7.48. The number of nitrogens with zero attached hydrogens (tertiary/aromatic N) is 1. The van der Waals surface area contributed by atoms with Crippen molar-refractivity contribution in [3.8, 4) is 33.4 Å². The molecule has 10 rings (SSSR count). The van der Waals surface area contributed by atoms with E-state index in [1.165, 1.54) is 76.8 Å². The molecule has 0 heterocycles. The van der Waals surface area contributed by atoms with Crippen LogP contribution in [0.15, 0.2) is 224 Å². The summed E-state index contributed by atoms with van der Waals surface area (Å²) < 4.78 is 0. The van der Waals surface area contributed by atoms with Crippen LogP contribution in [0.1, 0.15) is 11.1 Å². The number of fused-ring (bicyclic) bond motifs is 3. The van der Waals surface area contributed by atoms with Crippen molar-refractivity contribution in [2.45, 2.75) is 0 Å². The van der Waals surface area contributed by atoms with E-state index in [9.17, 15) is 0 Å². The van der Waals surface area contributed by atoms with Gasteiger partial charge in [-0.2, -0.15) is 0 Å².